The van der Waals surface area contributed by atoms with E-state index >= 15 is 0 Å². The van der Waals surface area contributed by atoms with Crippen LogP contribution in [0.2, 0.25) is 0 Å². The molecule has 2 aromatic rings. The molecule has 0 saturated heterocycles. The summed E-state index contributed by atoms with van der Waals surface area (Å²) in [5.74, 6) is 0.869. The molecule has 0 bridgehead atoms. The third-order valence-electron chi connectivity index (χ3n) is 4.41. The smallest absolute Gasteiger partial charge is 0.226 e. The summed E-state index contributed by atoms with van der Waals surface area (Å²) in [6.45, 7) is 2.85. The lowest BCUT2D eigenvalue weighted by Gasteiger charge is -2.08. The van der Waals surface area contributed by atoms with Gasteiger partial charge in [-0.25, -0.2) is 0 Å². The summed E-state index contributed by atoms with van der Waals surface area (Å²) in [7, 11) is 0. The Balaban J connectivity index is 1.65. The van der Waals surface area contributed by atoms with Crippen molar-refractivity contribution in [1.29, 1.82) is 0 Å². The minimum atomic E-state index is -0.150. The first-order valence-electron chi connectivity index (χ1n) is 7.93. The number of nitrogens with one attached hydrogen (secondary N) is 2. The third kappa shape index (κ3) is 3.59. The number of hydrogen-bond acceptors (Lipinski definition) is 4. The summed E-state index contributed by atoms with van der Waals surface area (Å²) in [5, 5.41) is 5.58. The van der Waals surface area contributed by atoms with Crippen LogP contribution < -0.4 is 15.8 Å². The van der Waals surface area contributed by atoms with E-state index in [1.807, 2.05) is 31.2 Å². The molecule has 1 aliphatic rings. The number of rotatable bonds is 7. The lowest BCUT2D eigenvalue weighted by atomic mass is 10.1. The van der Waals surface area contributed by atoms with Crippen LogP contribution in [0.1, 0.15) is 25.5 Å². The summed E-state index contributed by atoms with van der Waals surface area (Å²) < 4.78 is 5.68. The van der Waals surface area contributed by atoms with Gasteiger partial charge in [-0.05, 0) is 36.4 Å². The molecule has 1 amide bonds. The van der Waals surface area contributed by atoms with Gasteiger partial charge in [0.1, 0.15) is 12.4 Å². The minimum absolute atomic E-state index is 0.131. The van der Waals surface area contributed by atoms with Crippen LogP contribution >= 0.6 is 12.2 Å². The predicted octanol–water partition coefficient (Wildman–Crippen LogP) is 2.81. The number of amides is 1. The Morgan fingerprint density at radius 3 is 2.92 bits per heavy atom. The summed E-state index contributed by atoms with van der Waals surface area (Å²) in [6, 6.07) is 7.86. The van der Waals surface area contributed by atoms with Crippen molar-refractivity contribution in [2.75, 3.05) is 6.61 Å². The number of aromatic nitrogens is 1. The molecule has 0 atom stereocenters. The van der Waals surface area contributed by atoms with E-state index in [1.165, 1.54) is 11.6 Å². The quantitative estimate of drug-likeness (QED) is 0.533. The van der Waals surface area contributed by atoms with E-state index in [9.17, 15) is 4.79 Å². The number of benzene rings is 1. The van der Waals surface area contributed by atoms with Crippen molar-refractivity contribution in [2.24, 2.45) is 11.1 Å². The van der Waals surface area contributed by atoms with Gasteiger partial charge >= 0.3 is 0 Å². The number of fused-ring (bicyclic) bond motifs is 1. The zero-order valence-electron chi connectivity index (χ0n) is 13.6. The minimum Gasteiger partial charge on any atom is -0.489 e. The number of carbonyl (C=O) groups is 1. The highest BCUT2D eigenvalue weighted by molar-refractivity contribution is 7.79. The summed E-state index contributed by atoms with van der Waals surface area (Å²) in [5.41, 5.74) is 8.00. The number of hydrogen-bond donors (Lipinski definition) is 3. The SMILES string of the molecule is CC1(C(=O)NCc2cc3ccc(OC/C(C=S)=C/N)cc3[nH]2)CC1. The van der Waals surface area contributed by atoms with Crippen LogP contribution in [0.4, 0.5) is 0 Å². The lowest BCUT2D eigenvalue weighted by Crippen LogP contribution is -2.29. The summed E-state index contributed by atoms with van der Waals surface area (Å²) in [6.07, 6.45) is 3.40. The van der Waals surface area contributed by atoms with E-state index < -0.39 is 0 Å². The Morgan fingerprint density at radius 1 is 1.46 bits per heavy atom. The Morgan fingerprint density at radius 2 is 2.25 bits per heavy atom. The monoisotopic (exact) mass is 343 g/mol. The normalized spacial score (nSPS) is 16.0. The van der Waals surface area contributed by atoms with Crippen molar-refractivity contribution < 1.29 is 9.53 Å². The maximum absolute atomic E-state index is 12.0. The molecule has 0 radical (unpaired) electrons. The largest absolute Gasteiger partial charge is 0.489 e. The molecule has 0 aliphatic heterocycles. The average molecular weight is 343 g/mol. The molecule has 1 heterocycles. The van der Waals surface area contributed by atoms with Gasteiger partial charge in [-0.3, -0.25) is 4.79 Å². The first-order valence-corrected chi connectivity index (χ1v) is 8.40. The van der Waals surface area contributed by atoms with Gasteiger partial charge in [-0.1, -0.05) is 19.1 Å². The van der Waals surface area contributed by atoms with Gasteiger partial charge in [0, 0.05) is 39.8 Å². The van der Waals surface area contributed by atoms with Crippen molar-refractivity contribution in [1.82, 2.24) is 10.3 Å². The van der Waals surface area contributed by atoms with E-state index in [-0.39, 0.29) is 11.3 Å². The summed E-state index contributed by atoms with van der Waals surface area (Å²) >= 11 is 4.85. The van der Waals surface area contributed by atoms with Crippen LogP contribution in [0, 0.1) is 5.41 Å². The molecule has 3 rings (SSSR count). The molecule has 1 fully saturated rings. The molecule has 0 spiro atoms. The van der Waals surface area contributed by atoms with Gasteiger partial charge in [0.05, 0.1) is 6.54 Å². The van der Waals surface area contributed by atoms with E-state index in [0.717, 1.165) is 40.8 Å². The fourth-order valence-electron chi connectivity index (χ4n) is 2.44. The van der Waals surface area contributed by atoms with Crippen LogP contribution in [0.3, 0.4) is 0 Å². The second-order valence-electron chi connectivity index (χ2n) is 6.44. The van der Waals surface area contributed by atoms with E-state index in [2.05, 4.69) is 10.3 Å². The van der Waals surface area contributed by atoms with Crippen LogP contribution in [0.15, 0.2) is 36.0 Å². The number of thiocarbonyl (C=S) groups is 1. The second-order valence-corrected chi connectivity index (χ2v) is 6.67. The highest BCUT2D eigenvalue weighted by atomic mass is 32.1. The van der Waals surface area contributed by atoms with Crippen molar-refractivity contribution in [3.05, 3.63) is 41.7 Å². The van der Waals surface area contributed by atoms with Crippen molar-refractivity contribution in [3.63, 3.8) is 0 Å². The first kappa shape index (κ1) is 16.5. The highest BCUT2D eigenvalue weighted by Crippen LogP contribution is 2.45. The van der Waals surface area contributed by atoms with Crippen LogP contribution in [0.5, 0.6) is 5.75 Å². The second kappa shape index (κ2) is 6.65. The Bertz CT molecular complexity index is 806. The topological polar surface area (TPSA) is 80.1 Å². The van der Waals surface area contributed by atoms with Gasteiger partial charge in [0.25, 0.3) is 0 Å². The van der Waals surface area contributed by atoms with Gasteiger partial charge < -0.3 is 20.8 Å². The molecule has 6 heteroatoms. The Labute approximate surface area is 146 Å². The molecular weight excluding hydrogens is 322 g/mol. The number of aromatic amines is 1. The molecule has 0 unspecified atom stereocenters. The van der Waals surface area contributed by atoms with Gasteiger partial charge in [0.15, 0.2) is 0 Å². The van der Waals surface area contributed by atoms with Crippen LogP contribution in [0.25, 0.3) is 10.9 Å². The maximum Gasteiger partial charge on any atom is 0.226 e. The molecule has 1 aliphatic carbocycles. The molecule has 1 saturated carbocycles. The molecule has 1 aromatic heterocycles. The van der Waals surface area contributed by atoms with E-state index in [1.54, 1.807) is 0 Å². The van der Waals surface area contributed by atoms with Crippen LogP contribution in [-0.4, -0.2) is 22.9 Å². The molecule has 4 N–H and O–H groups in total. The fraction of sp³-hybridized carbons (Fsp3) is 0.333. The number of nitrogens with two attached hydrogens (primary N) is 1. The van der Waals surface area contributed by atoms with Gasteiger partial charge in [-0.2, -0.15) is 0 Å². The van der Waals surface area contributed by atoms with Crippen molar-refractivity contribution in [2.45, 2.75) is 26.3 Å². The standard InChI is InChI=1S/C18H21N3O2S/c1-18(4-5-18)17(22)20-9-14-6-13-2-3-15(7-16(13)21-14)23-10-12(8-19)11-24/h2-3,6-8,11,21H,4-5,9-10,19H2,1H3,(H,20,22)/b12-8-. The zero-order chi connectivity index (χ0) is 17.2. The zero-order valence-corrected chi connectivity index (χ0v) is 14.4. The molecule has 126 valence electrons. The Kier molecular flexibility index (Phi) is 4.57. The van der Waals surface area contributed by atoms with E-state index in [0.29, 0.717) is 13.2 Å². The Hall–Kier alpha value is -2.34. The molecule has 1 aromatic carbocycles. The van der Waals surface area contributed by atoms with E-state index in [4.69, 9.17) is 22.7 Å². The number of ether oxygens (including phenoxy) is 1. The van der Waals surface area contributed by atoms with Crippen molar-refractivity contribution >= 4 is 34.4 Å². The lowest BCUT2D eigenvalue weighted by molar-refractivity contribution is -0.125. The number of carbonyl (C=O) groups excluding carboxylic acids is 1. The van der Waals surface area contributed by atoms with Gasteiger partial charge in [-0.15, -0.1) is 0 Å². The number of H-pyrrole nitrogens is 1. The van der Waals surface area contributed by atoms with Gasteiger partial charge in [0.2, 0.25) is 5.91 Å². The van der Waals surface area contributed by atoms with Crippen molar-refractivity contribution in [3.8, 4) is 5.75 Å². The average Bonchev–Trinajstić information content (AvgIpc) is 3.21. The maximum atomic E-state index is 12.0. The van der Waals surface area contributed by atoms with Crippen LogP contribution in [-0.2, 0) is 11.3 Å². The highest BCUT2D eigenvalue weighted by Gasteiger charge is 2.44. The molecule has 24 heavy (non-hydrogen) atoms. The first-order chi connectivity index (χ1) is 11.5. The predicted molar refractivity (Wildman–Crippen MR) is 98.9 cm³/mol. The molecule has 5 nitrogen and oxygen atoms in total. The third-order valence-corrected chi connectivity index (χ3v) is 4.71. The summed E-state index contributed by atoms with van der Waals surface area (Å²) in [4.78, 5) is 15.3. The molecular formula is C18H21N3O2S. The fourth-order valence-corrected chi connectivity index (χ4v) is 2.59.